The molecule has 4 nitrogen and oxygen atoms in total. The molecule has 0 amide bonds. The van der Waals surface area contributed by atoms with Gasteiger partial charge in [-0.2, -0.15) is 0 Å². The van der Waals surface area contributed by atoms with Gasteiger partial charge in [0.25, 0.3) is 0 Å². The average molecular weight is 313 g/mol. The predicted molar refractivity (Wildman–Crippen MR) is 27.1 cm³/mol. The topological polar surface area (TPSA) is 80.3 Å². The first-order chi connectivity index (χ1) is 3.46. The van der Waals surface area contributed by atoms with Crippen LogP contribution in [0.3, 0.4) is 0 Å². The molecule has 0 unspecified atom stereocenters. The Morgan fingerprint density at radius 3 is 1.00 bits per heavy atom. The van der Waals surface area contributed by atoms with Gasteiger partial charge in [0.15, 0.2) is 0 Å². The Bertz CT molecular complexity index is 75.3. The summed E-state index contributed by atoms with van der Waals surface area (Å²) in [5.41, 5.74) is 0. The molecule has 0 bridgehead atoms. The van der Waals surface area contributed by atoms with Crippen LogP contribution < -0.4 is 27.2 Å². The minimum Gasteiger partial charge on any atom is -1.00 e. The third-order valence-electron chi connectivity index (χ3n) is 0. The van der Waals surface area contributed by atoms with E-state index in [9.17, 15) is 0 Å². The van der Waals surface area contributed by atoms with Crippen molar-refractivity contribution in [3.8, 4) is 0 Å². The number of carbonyl (C=O) groups excluding carboxylic acids is 2. The smallest absolute Gasteiger partial charge is 1.00 e. The summed E-state index contributed by atoms with van der Waals surface area (Å²) in [5, 5.41) is 17.8. The summed E-state index contributed by atoms with van der Waals surface area (Å²) in [6.07, 6.45) is 0. The fraction of sp³-hybridized carbons (Fsp3) is 0.500. The summed E-state index contributed by atoms with van der Waals surface area (Å²) in [4.78, 5) is 17.8. The molecule has 0 saturated heterocycles. The van der Waals surface area contributed by atoms with Gasteiger partial charge < -0.3 is 36.8 Å². The zero-order chi connectivity index (χ0) is 7.15. The van der Waals surface area contributed by atoms with Gasteiger partial charge >= 0.3 is 25.8 Å². The van der Waals surface area contributed by atoms with Crippen LogP contribution in [0.1, 0.15) is 13.8 Å². The molecule has 0 fully saturated rings. The Kier molecular flexibility index (Phi) is 36.2. The molecule has 56 valence electrons. The van der Waals surface area contributed by atoms with Crippen LogP contribution in [0.2, 0.25) is 0 Å². The third kappa shape index (κ3) is 5230. The number of halogens is 1. The van der Waals surface area contributed by atoms with E-state index in [0.29, 0.717) is 0 Å². The summed E-state index contributed by atoms with van der Waals surface area (Å²) in [7, 11) is 0. The number of carboxylic acids is 2. The second kappa shape index (κ2) is 16.1. The van der Waals surface area contributed by atoms with Crippen LogP contribution >= 0.6 is 0 Å². The molecule has 0 rings (SSSR count). The summed E-state index contributed by atoms with van der Waals surface area (Å²) in [6, 6.07) is 0. The largest absolute Gasteiger partial charge is 3.00 e. The maximum absolute atomic E-state index is 8.89. The zero-order valence-electron chi connectivity index (χ0n) is 5.59. The van der Waals surface area contributed by atoms with E-state index in [-0.39, 0.29) is 42.8 Å². The van der Waals surface area contributed by atoms with Crippen LogP contribution in [0.25, 0.3) is 0 Å². The van der Waals surface area contributed by atoms with Crippen LogP contribution in [0.15, 0.2) is 0 Å². The third-order valence-corrected chi connectivity index (χ3v) is 0. The first kappa shape index (κ1) is 22.4. The number of carboxylic acid groups (broad SMARTS) is 2. The van der Waals surface area contributed by atoms with Crippen molar-refractivity contribution in [1.82, 2.24) is 0 Å². The van der Waals surface area contributed by atoms with Crippen molar-refractivity contribution in [2.75, 3.05) is 0 Å². The van der Waals surface area contributed by atoms with Gasteiger partial charge in [-0.15, -0.1) is 0 Å². The van der Waals surface area contributed by atoms with Crippen LogP contribution in [0.5, 0.6) is 0 Å². The molecule has 0 aromatic heterocycles. The molecule has 10 heavy (non-hydrogen) atoms. The second-order valence-corrected chi connectivity index (χ2v) is 0.983. The van der Waals surface area contributed by atoms with Crippen molar-refractivity contribution in [1.29, 1.82) is 0 Å². The Morgan fingerprint density at radius 2 is 1.00 bits per heavy atom. The van der Waals surface area contributed by atoms with Gasteiger partial charge in [0.1, 0.15) is 0 Å². The number of hydrogen-bond acceptors (Lipinski definition) is 4. The van der Waals surface area contributed by atoms with Gasteiger partial charge in [-0.25, -0.2) is 0 Å². The van der Waals surface area contributed by atoms with Crippen molar-refractivity contribution < 1.29 is 36.8 Å². The molecular formula is C4H6BrInO4. The number of hydrogen-bond donors (Lipinski definition) is 0. The Labute approximate surface area is 88.2 Å². The van der Waals surface area contributed by atoms with E-state index in [1.165, 1.54) is 0 Å². The number of aliphatic carboxylic acids is 2. The van der Waals surface area contributed by atoms with Gasteiger partial charge in [0, 0.05) is 11.9 Å². The molecule has 0 heterocycles. The van der Waals surface area contributed by atoms with E-state index in [1.54, 1.807) is 0 Å². The fourth-order valence-corrected chi connectivity index (χ4v) is 0. The molecular weight excluding hydrogens is 307 g/mol. The van der Waals surface area contributed by atoms with Crippen LogP contribution in [0.4, 0.5) is 0 Å². The molecule has 0 aliphatic carbocycles. The molecule has 0 aliphatic rings. The van der Waals surface area contributed by atoms with Crippen molar-refractivity contribution in [2.45, 2.75) is 13.8 Å². The van der Waals surface area contributed by atoms with E-state index in [0.717, 1.165) is 13.8 Å². The summed E-state index contributed by atoms with van der Waals surface area (Å²) in [6.45, 7) is 1.94. The van der Waals surface area contributed by atoms with Crippen molar-refractivity contribution in [2.24, 2.45) is 0 Å². The maximum Gasteiger partial charge on any atom is 3.00 e. The minimum atomic E-state index is -1.08. The molecule has 0 N–H and O–H groups in total. The van der Waals surface area contributed by atoms with Gasteiger partial charge in [0.2, 0.25) is 0 Å². The predicted octanol–water partition coefficient (Wildman–Crippen LogP) is -5.86. The minimum absolute atomic E-state index is 0. The molecule has 0 aromatic rings. The normalized spacial score (nSPS) is 5.00. The van der Waals surface area contributed by atoms with Crippen molar-refractivity contribution in [3.63, 3.8) is 0 Å². The van der Waals surface area contributed by atoms with Gasteiger partial charge in [-0.1, -0.05) is 0 Å². The molecule has 0 atom stereocenters. The zero-order valence-corrected chi connectivity index (χ0v) is 10.5. The molecule has 6 heteroatoms. The molecule has 0 radical (unpaired) electrons. The number of rotatable bonds is 0. The monoisotopic (exact) mass is 312 g/mol. The van der Waals surface area contributed by atoms with Crippen LogP contribution in [-0.2, 0) is 9.59 Å². The first-order valence-electron chi connectivity index (χ1n) is 1.82. The molecule has 0 spiro atoms. The van der Waals surface area contributed by atoms with E-state index in [2.05, 4.69) is 0 Å². The average Bonchev–Trinajstić information content (AvgIpc) is 1.25. The number of carbonyl (C=O) groups is 2. The second-order valence-electron chi connectivity index (χ2n) is 0.983. The Morgan fingerprint density at radius 1 is 1.00 bits per heavy atom. The quantitative estimate of drug-likeness (QED) is 0.446. The Hall–Kier alpha value is 0.290. The van der Waals surface area contributed by atoms with Gasteiger partial charge in [0.05, 0.1) is 0 Å². The summed E-state index contributed by atoms with van der Waals surface area (Å²) in [5.74, 6) is -2.17. The van der Waals surface area contributed by atoms with Gasteiger partial charge in [-0.3, -0.25) is 0 Å². The summed E-state index contributed by atoms with van der Waals surface area (Å²) < 4.78 is 0. The Balaban J connectivity index is -0.0000000300. The van der Waals surface area contributed by atoms with Crippen LogP contribution in [-0.4, -0.2) is 37.8 Å². The van der Waals surface area contributed by atoms with Gasteiger partial charge in [-0.05, 0) is 13.8 Å². The first-order valence-corrected chi connectivity index (χ1v) is 1.82. The SMILES string of the molecule is CC(=O)[O-].CC(=O)[O-].[Br-].[In+3]. The van der Waals surface area contributed by atoms with E-state index >= 15 is 0 Å². The standard InChI is InChI=1S/2C2H4O2.BrH.In/c2*1-2(3)4;;/h2*1H3,(H,3,4);1H;/q;;;+3/p-3. The molecule has 0 saturated carbocycles. The maximum atomic E-state index is 8.89. The molecule has 0 aromatic carbocycles. The van der Waals surface area contributed by atoms with E-state index < -0.39 is 11.9 Å². The van der Waals surface area contributed by atoms with Crippen LogP contribution in [0, 0.1) is 0 Å². The van der Waals surface area contributed by atoms with Crippen molar-refractivity contribution >= 4 is 37.8 Å². The molecule has 0 aliphatic heterocycles. The van der Waals surface area contributed by atoms with Crippen molar-refractivity contribution in [3.05, 3.63) is 0 Å². The summed E-state index contributed by atoms with van der Waals surface area (Å²) >= 11 is 0. The van der Waals surface area contributed by atoms with E-state index in [1.807, 2.05) is 0 Å². The van der Waals surface area contributed by atoms with E-state index in [4.69, 9.17) is 19.8 Å². The fourth-order valence-electron chi connectivity index (χ4n) is 0.